The maximum absolute atomic E-state index is 10.3. The fourth-order valence-corrected chi connectivity index (χ4v) is 1.78. The number of ether oxygens (including phenoxy) is 1. The average molecular weight is 265 g/mol. The second-order valence-electron chi connectivity index (χ2n) is 3.91. The van der Waals surface area contributed by atoms with Crippen molar-refractivity contribution < 1.29 is 9.84 Å². The zero-order valence-corrected chi connectivity index (χ0v) is 10.8. The van der Waals surface area contributed by atoms with Gasteiger partial charge in [0.15, 0.2) is 5.82 Å². The van der Waals surface area contributed by atoms with E-state index in [4.69, 9.17) is 16.3 Å². The van der Waals surface area contributed by atoms with Gasteiger partial charge in [0.25, 0.3) is 0 Å². The number of aliphatic hydroxyl groups is 1. The number of nitrogens with zero attached hydrogens (tertiary/aromatic N) is 2. The lowest BCUT2D eigenvalue weighted by atomic mass is 10.1. The highest BCUT2D eigenvalue weighted by atomic mass is 35.5. The van der Waals surface area contributed by atoms with Gasteiger partial charge in [0, 0.05) is 23.0 Å². The number of halogens is 1. The summed E-state index contributed by atoms with van der Waals surface area (Å²) in [5.74, 6) is 0.872. The van der Waals surface area contributed by atoms with Crippen molar-refractivity contribution in [1.29, 1.82) is 0 Å². The minimum atomic E-state index is -0.959. The van der Waals surface area contributed by atoms with Crippen LogP contribution in [0.25, 0.3) is 0 Å². The molecule has 0 aliphatic rings. The van der Waals surface area contributed by atoms with Crippen molar-refractivity contribution in [1.82, 2.24) is 9.97 Å². The maximum atomic E-state index is 10.3. The second-order valence-corrected chi connectivity index (χ2v) is 4.34. The lowest BCUT2D eigenvalue weighted by molar-refractivity contribution is 0.204. The van der Waals surface area contributed by atoms with Crippen molar-refractivity contribution in [2.24, 2.45) is 0 Å². The van der Waals surface area contributed by atoms with E-state index in [1.165, 1.54) is 7.11 Å². The minimum Gasteiger partial charge on any atom is -0.496 e. The molecule has 0 bridgehead atoms. The molecule has 1 aromatic heterocycles. The van der Waals surface area contributed by atoms with Crippen molar-refractivity contribution in [3.05, 3.63) is 52.6 Å². The Hall–Kier alpha value is -1.65. The van der Waals surface area contributed by atoms with Crippen molar-refractivity contribution in [3.63, 3.8) is 0 Å². The molecule has 5 heteroatoms. The summed E-state index contributed by atoms with van der Waals surface area (Å²) < 4.78 is 5.19. The highest BCUT2D eigenvalue weighted by Crippen LogP contribution is 2.30. The molecule has 18 heavy (non-hydrogen) atoms. The van der Waals surface area contributed by atoms with Gasteiger partial charge in [-0.2, -0.15) is 0 Å². The average Bonchev–Trinajstić information content (AvgIpc) is 2.39. The van der Waals surface area contributed by atoms with Crippen LogP contribution in [0.15, 0.2) is 30.6 Å². The van der Waals surface area contributed by atoms with E-state index in [9.17, 15) is 5.11 Å². The third-order valence-electron chi connectivity index (χ3n) is 2.53. The van der Waals surface area contributed by atoms with Gasteiger partial charge < -0.3 is 9.84 Å². The van der Waals surface area contributed by atoms with Crippen LogP contribution in [0.5, 0.6) is 5.75 Å². The summed E-state index contributed by atoms with van der Waals surface area (Å²) in [6, 6.07) is 5.05. The fourth-order valence-electron chi connectivity index (χ4n) is 1.60. The van der Waals surface area contributed by atoms with Crippen LogP contribution in [-0.4, -0.2) is 22.2 Å². The third kappa shape index (κ3) is 2.60. The van der Waals surface area contributed by atoms with E-state index in [-0.39, 0.29) is 0 Å². The molecule has 0 fully saturated rings. The number of aryl methyl sites for hydroxylation is 1. The van der Waals surface area contributed by atoms with E-state index in [1.54, 1.807) is 30.6 Å². The Bertz CT molecular complexity index is 543. The highest BCUT2D eigenvalue weighted by Gasteiger charge is 2.18. The monoisotopic (exact) mass is 264 g/mol. The Morgan fingerprint density at radius 3 is 2.56 bits per heavy atom. The molecule has 0 saturated heterocycles. The Labute approximate surface area is 110 Å². The van der Waals surface area contributed by atoms with Gasteiger partial charge in [-0.3, -0.25) is 0 Å². The molecule has 2 aromatic rings. The summed E-state index contributed by atoms with van der Waals surface area (Å²) in [6.07, 6.45) is 2.35. The first-order chi connectivity index (χ1) is 8.61. The Balaban J connectivity index is 2.41. The molecule has 0 aliphatic carbocycles. The van der Waals surface area contributed by atoms with E-state index in [0.29, 0.717) is 22.2 Å². The highest BCUT2D eigenvalue weighted by molar-refractivity contribution is 6.30. The molecule has 0 spiro atoms. The quantitative estimate of drug-likeness (QED) is 0.926. The van der Waals surface area contributed by atoms with Crippen LogP contribution >= 0.6 is 11.6 Å². The van der Waals surface area contributed by atoms with Crippen molar-refractivity contribution in [3.8, 4) is 5.75 Å². The molecular weight excluding hydrogens is 252 g/mol. The maximum Gasteiger partial charge on any atom is 0.161 e. The van der Waals surface area contributed by atoms with Gasteiger partial charge in [-0.05, 0) is 30.7 Å². The van der Waals surface area contributed by atoms with Crippen molar-refractivity contribution in [2.45, 2.75) is 13.0 Å². The summed E-state index contributed by atoms with van der Waals surface area (Å²) in [5, 5.41) is 10.8. The van der Waals surface area contributed by atoms with Crippen LogP contribution in [0.3, 0.4) is 0 Å². The molecule has 2 rings (SSSR count). The zero-order chi connectivity index (χ0) is 13.1. The molecule has 0 aliphatic heterocycles. The summed E-state index contributed by atoms with van der Waals surface area (Å²) in [4.78, 5) is 8.20. The number of aromatic nitrogens is 2. The van der Waals surface area contributed by atoms with Gasteiger partial charge in [-0.25, -0.2) is 9.97 Å². The second kappa shape index (κ2) is 5.33. The van der Waals surface area contributed by atoms with E-state index >= 15 is 0 Å². The molecule has 1 unspecified atom stereocenters. The molecule has 0 amide bonds. The molecule has 94 valence electrons. The number of hydrogen-bond acceptors (Lipinski definition) is 4. The molecule has 1 atom stereocenters. The van der Waals surface area contributed by atoms with E-state index in [0.717, 1.165) is 5.56 Å². The SMILES string of the molecule is COc1ccc(Cl)cc1C(O)c1ncc(C)cn1. The Kier molecular flexibility index (Phi) is 3.79. The molecule has 0 radical (unpaired) electrons. The topological polar surface area (TPSA) is 55.2 Å². The minimum absolute atomic E-state index is 0.321. The third-order valence-corrected chi connectivity index (χ3v) is 2.77. The first-order valence-electron chi connectivity index (χ1n) is 5.42. The molecule has 1 heterocycles. The Morgan fingerprint density at radius 1 is 1.28 bits per heavy atom. The van der Waals surface area contributed by atoms with Crippen molar-refractivity contribution in [2.75, 3.05) is 7.11 Å². The first-order valence-corrected chi connectivity index (χ1v) is 5.79. The summed E-state index contributed by atoms with van der Waals surface area (Å²) in [5.41, 5.74) is 1.48. The van der Waals surface area contributed by atoms with Crippen molar-refractivity contribution >= 4 is 11.6 Å². The summed E-state index contributed by atoms with van der Waals surface area (Å²) >= 11 is 5.92. The van der Waals surface area contributed by atoms with E-state index in [2.05, 4.69) is 9.97 Å². The van der Waals surface area contributed by atoms with Gasteiger partial charge in [0.1, 0.15) is 11.9 Å². The van der Waals surface area contributed by atoms with Gasteiger partial charge in [-0.15, -0.1) is 0 Å². The van der Waals surface area contributed by atoms with Crippen LogP contribution in [0.1, 0.15) is 23.1 Å². The first kappa shape index (κ1) is 12.8. The van der Waals surface area contributed by atoms with E-state index in [1.807, 2.05) is 6.92 Å². The number of hydrogen-bond donors (Lipinski definition) is 1. The lowest BCUT2D eigenvalue weighted by Crippen LogP contribution is -2.07. The number of aliphatic hydroxyl groups excluding tert-OH is 1. The van der Waals surface area contributed by atoms with Crippen LogP contribution < -0.4 is 4.74 Å². The molecule has 0 saturated carbocycles. The molecule has 1 aromatic carbocycles. The summed E-state index contributed by atoms with van der Waals surface area (Å²) in [6.45, 7) is 1.89. The smallest absolute Gasteiger partial charge is 0.161 e. The van der Waals surface area contributed by atoms with Gasteiger partial charge in [0.2, 0.25) is 0 Å². The largest absolute Gasteiger partial charge is 0.496 e. The number of rotatable bonds is 3. The molecule has 1 N–H and O–H groups in total. The van der Waals surface area contributed by atoms with E-state index < -0.39 is 6.10 Å². The van der Waals surface area contributed by atoms with Gasteiger partial charge >= 0.3 is 0 Å². The van der Waals surface area contributed by atoms with Gasteiger partial charge in [0.05, 0.1) is 7.11 Å². The van der Waals surface area contributed by atoms with Crippen LogP contribution in [0, 0.1) is 6.92 Å². The normalized spacial score (nSPS) is 12.2. The Morgan fingerprint density at radius 2 is 1.94 bits per heavy atom. The van der Waals surface area contributed by atoms with Gasteiger partial charge in [-0.1, -0.05) is 11.6 Å². The number of benzene rings is 1. The fraction of sp³-hybridized carbons (Fsp3) is 0.231. The van der Waals surface area contributed by atoms with Crippen LogP contribution in [-0.2, 0) is 0 Å². The molecule has 4 nitrogen and oxygen atoms in total. The van der Waals surface area contributed by atoms with Crippen LogP contribution in [0.2, 0.25) is 5.02 Å². The predicted octanol–water partition coefficient (Wildman–Crippen LogP) is 2.53. The molecular formula is C13H13ClN2O2. The summed E-state index contributed by atoms with van der Waals surface area (Å²) in [7, 11) is 1.54. The standard InChI is InChI=1S/C13H13ClN2O2/c1-8-6-15-13(16-7-8)12(17)10-5-9(14)3-4-11(10)18-2/h3-7,12,17H,1-2H3. The number of methoxy groups -OCH3 is 1. The van der Waals surface area contributed by atoms with Crippen LogP contribution in [0.4, 0.5) is 0 Å². The predicted molar refractivity (Wildman–Crippen MR) is 68.8 cm³/mol. The zero-order valence-electron chi connectivity index (χ0n) is 10.1. The lowest BCUT2D eigenvalue weighted by Gasteiger charge is -2.14.